The first-order valence-electron chi connectivity index (χ1n) is 7.69. The third-order valence-corrected chi connectivity index (χ3v) is 3.28. The minimum atomic E-state index is -1.18. The second-order valence-corrected chi connectivity index (χ2v) is 5.21. The molecule has 1 aromatic heterocycles. The van der Waals surface area contributed by atoms with Crippen LogP contribution >= 0.6 is 0 Å². The molecule has 0 saturated heterocycles. The normalized spacial score (nSPS) is 10.4. The van der Waals surface area contributed by atoms with E-state index in [2.05, 4.69) is 15.6 Å². The highest BCUT2D eigenvalue weighted by molar-refractivity contribution is 5.84. The van der Waals surface area contributed by atoms with E-state index < -0.39 is 5.97 Å². The number of aromatic nitrogens is 3. The first kappa shape index (κ1) is 18.4. The standard InChI is InChI=1S/C16H20N4O5/c1-24-13-5-3-12(4-6-13)11-25-8-2-7-17-15(21)10-20-9-14(16(22)23)18-19-20/h3-6,9H,2,7-8,10-11H2,1H3,(H,17,21)(H,22,23). The first-order chi connectivity index (χ1) is 12.1. The van der Waals surface area contributed by atoms with E-state index in [1.165, 1.54) is 10.9 Å². The lowest BCUT2D eigenvalue weighted by atomic mass is 10.2. The van der Waals surface area contributed by atoms with Crippen LogP contribution in [0.3, 0.4) is 0 Å². The molecule has 1 amide bonds. The molecule has 2 rings (SSSR count). The van der Waals surface area contributed by atoms with E-state index in [0.717, 1.165) is 11.3 Å². The number of nitrogens with zero attached hydrogens (tertiary/aromatic N) is 3. The van der Waals surface area contributed by atoms with Crippen LogP contribution < -0.4 is 10.1 Å². The van der Waals surface area contributed by atoms with Crippen molar-refractivity contribution in [1.29, 1.82) is 0 Å². The fraction of sp³-hybridized carbons (Fsp3) is 0.375. The average molecular weight is 348 g/mol. The van der Waals surface area contributed by atoms with Crippen LogP contribution in [-0.2, 0) is 22.7 Å². The predicted molar refractivity (Wildman–Crippen MR) is 87.3 cm³/mol. The molecule has 0 spiro atoms. The molecule has 1 aromatic carbocycles. The molecule has 0 unspecified atom stereocenters. The van der Waals surface area contributed by atoms with Gasteiger partial charge in [-0.15, -0.1) is 5.10 Å². The highest BCUT2D eigenvalue weighted by atomic mass is 16.5. The van der Waals surface area contributed by atoms with Crippen LogP contribution in [0.25, 0.3) is 0 Å². The number of nitrogens with one attached hydrogen (secondary N) is 1. The van der Waals surface area contributed by atoms with E-state index in [4.69, 9.17) is 14.6 Å². The predicted octanol–water partition coefficient (Wildman–Crippen LogP) is 0.708. The van der Waals surface area contributed by atoms with Crippen LogP contribution in [0.1, 0.15) is 22.5 Å². The molecule has 134 valence electrons. The first-order valence-corrected chi connectivity index (χ1v) is 7.69. The summed E-state index contributed by atoms with van der Waals surface area (Å²) in [6.07, 6.45) is 1.87. The second kappa shape index (κ2) is 9.38. The number of hydrogen-bond acceptors (Lipinski definition) is 6. The van der Waals surface area contributed by atoms with Crippen molar-refractivity contribution in [2.24, 2.45) is 0 Å². The average Bonchev–Trinajstić information content (AvgIpc) is 3.07. The van der Waals surface area contributed by atoms with Gasteiger partial charge >= 0.3 is 5.97 Å². The van der Waals surface area contributed by atoms with E-state index in [0.29, 0.717) is 26.2 Å². The molecule has 25 heavy (non-hydrogen) atoms. The lowest BCUT2D eigenvalue weighted by molar-refractivity contribution is -0.121. The van der Waals surface area contributed by atoms with Crippen molar-refractivity contribution in [3.05, 3.63) is 41.7 Å². The zero-order chi connectivity index (χ0) is 18.1. The highest BCUT2D eigenvalue weighted by Gasteiger charge is 2.10. The van der Waals surface area contributed by atoms with Crippen molar-refractivity contribution in [1.82, 2.24) is 20.3 Å². The van der Waals surface area contributed by atoms with E-state index >= 15 is 0 Å². The molecule has 0 bridgehead atoms. The minimum absolute atomic E-state index is 0.0764. The van der Waals surface area contributed by atoms with Gasteiger partial charge in [0.25, 0.3) is 0 Å². The van der Waals surface area contributed by atoms with Crippen LogP contribution in [0.2, 0.25) is 0 Å². The molecule has 2 N–H and O–H groups in total. The molecular weight excluding hydrogens is 328 g/mol. The maximum Gasteiger partial charge on any atom is 0.358 e. The van der Waals surface area contributed by atoms with Crippen molar-refractivity contribution >= 4 is 11.9 Å². The summed E-state index contributed by atoms with van der Waals surface area (Å²) in [6, 6.07) is 7.62. The summed E-state index contributed by atoms with van der Waals surface area (Å²) in [5.74, 6) is -0.646. The van der Waals surface area contributed by atoms with Gasteiger partial charge in [-0.3, -0.25) is 4.79 Å². The molecule has 0 aliphatic heterocycles. The zero-order valence-corrected chi connectivity index (χ0v) is 13.8. The number of benzene rings is 1. The van der Waals surface area contributed by atoms with Crippen LogP contribution in [0, 0.1) is 0 Å². The Morgan fingerprint density at radius 2 is 2.04 bits per heavy atom. The minimum Gasteiger partial charge on any atom is -0.497 e. The van der Waals surface area contributed by atoms with Crippen LogP contribution in [-0.4, -0.2) is 52.2 Å². The van der Waals surface area contributed by atoms with Crippen LogP contribution in [0.5, 0.6) is 5.75 Å². The van der Waals surface area contributed by atoms with Gasteiger partial charge in [-0.1, -0.05) is 17.3 Å². The Hall–Kier alpha value is -2.94. The summed E-state index contributed by atoms with van der Waals surface area (Å²) in [7, 11) is 1.62. The van der Waals surface area contributed by atoms with Crippen molar-refractivity contribution in [2.75, 3.05) is 20.3 Å². The summed E-state index contributed by atoms with van der Waals surface area (Å²) < 4.78 is 11.8. The van der Waals surface area contributed by atoms with Gasteiger partial charge in [0.1, 0.15) is 12.3 Å². The summed E-state index contributed by atoms with van der Waals surface area (Å²) >= 11 is 0. The number of carbonyl (C=O) groups is 2. The number of carboxylic acids is 1. The van der Waals surface area contributed by atoms with Crippen LogP contribution in [0.15, 0.2) is 30.5 Å². The Labute approximate surface area is 144 Å². The molecule has 0 saturated carbocycles. The number of carboxylic acid groups (broad SMARTS) is 1. The van der Waals surface area contributed by atoms with Gasteiger partial charge in [-0.2, -0.15) is 0 Å². The molecule has 0 aliphatic rings. The number of rotatable bonds is 10. The number of ether oxygens (including phenoxy) is 2. The Bertz CT molecular complexity index is 699. The van der Waals surface area contributed by atoms with Gasteiger partial charge < -0.3 is 19.9 Å². The SMILES string of the molecule is COc1ccc(COCCCNC(=O)Cn2cc(C(=O)O)nn2)cc1. The number of amides is 1. The highest BCUT2D eigenvalue weighted by Crippen LogP contribution is 2.11. The van der Waals surface area contributed by atoms with Crippen molar-refractivity contribution < 1.29 is 24.2 Å². The Morgan fingerprint density at radius 3 is 2.68 bits per heavy atom. The molecule has 0 radical (unpaired) electrons. The third kappa shape index (κ3) is 6.22. The largest absolute Gasteiger partial charge is 0.497 e. The van der Waals surface area contributed by atoms with Gasteiger partial charge in [0.2, 0.25) is 5.91 Å². The molecule has 0 aliphatic carbocycles. The van der Waals surface area contributed by atoms with Gasteiger partial charge in [-0.05, 0) is 24.1 Å². The topological polar surface area (TPSA) is 116 Å². The number of carbonyl (C=O) groups excluding carboxylic acids is 1. The van der Waals surface area contributed by atoms with E-state index in [1.54, 1.807) is 7.11 Å². The van der Waals surface area contributed by atoms with Gasteiger partial charge in [0, 0.05) is 13.2 Å². The molecule has 2 aromatic rings. The second-order valence-electron chi connectivity index (χ2n) is 5.21. The Morgan fingerprint density at radius 1 is 1.28 bits per heavy atom. The van der Waals surface area contributed by atoms with Crippen molar-refractivity contribution in [3.8, 4) is 5.75 Å². The Balaban J connectivity index is 1.57. The fourth-order valence-electron chi connectivity index (χ4n) is 1.99. The summed E-state index contributed by atoms with van der Waals surface area (Å²) in [5, 5.41) is 18.4. The van der Waals surface area contributed by atoms with Crippen molar-refractivity contribution in [2.45, 2.75) is 19.6 Å². The van der Waals surface area contributed by atoms with Crippen molar-refractivity contribution in [3.63, 3.8) is 0 Å². The zero-order valence-electron chi connectivity index (χ0n) is 13.8. The lowest BCUT2D eigenvalue weighted by Crippen LogP contribution is -2.29. The van der Waals surface area contributed by atoms with Crippen LogP contribution in [0.4, 0.5) is 0 Å². The number of hydrogen-bond donors (Lipinski definition) is 2. The molecule has 9 nitrogen and oxygen atoms in total. The fourth-order valence-corrected chi connectivity index (χ4v) is 1.99. The quantitative estimate of drug-likeness (QED) is 0.607. The van der Waals surface area contributed by atoms with Gasteiger partial charge in [-0.25, -0.2) is 9.48 Å². The van der Waals surface area contributed by atoms with E-state index in [-0.39, 0.29) is 18.1 Å². The van der Waals surface area contributed by atoms with Gasteiger partial charge in [0.15, 0.2) is 5.69 Å². The molecule has 1 heterocycles. The molecule has 0 atom stereocenters. The molecule has 9 heteroatoms. The smallest absolute Gasteiger partial charge is 0.358 e. The van der Waals surface area contributed by atoms with E-state index in [1.807, 2.05) is 24.3 Å². The summed E-state index contributed by atoms with van der Waals surface area (Å²) in [5.41, 5.74) is 0.852. The Kier molecular flexibility index (Phi) is 6.90. The molecular formula is C16H20N4O5. The number of aromatic carboxylic acids is 1. The summed E-state index contributed by atoms with van der Waals surface area (Å²) in [4.78, 5) is 22.4. The number of methoxy groups -OCH3 is 1. The molecule has 0 fully saturated rings. The lowest BCUT2D eigenvalue weighted by Gasteiger charge is -2.07. The maximum absolute atomic E-state index is 11.7. The summed E-state index contributed by atoms with van der Waals surface area (Å²) in [6.45, 7) is 1.39. The monoisotopic (exact) mass is 348 g/mol. The maximum atomic E-state index is 11.7. The van der Waals surface area contributed by atoms with E-state index in [9.17, 15) is 9.59 Å². The van der Waals surface area contributed by atoms with Gasteiger partial charge in [0.05, 0.1) is 19.9 Å². The third-order valence-electron chi connectivity index (χ3n) is 3.28.